The van der Waals surface area contributed by atoms with Gasteiger partial charge in [-0.1, -0.05) is 0 Å². The molecule has 0 aliphatic carbocycles. The number of nitrogens with one attached hydrogen (secondary N) is 2. The minimum absolute atomic E-state index is 0. The number of anilines is 2. The first-order chi connectivity index (χ1) is 12.4. The van der Waals surface area contributed by atoms with Gasteiger partial charge in [-0.25, -0.2) is 9.97 Å². The number of hydrogen-bond donors (Lipinski definition) is 3. The van der Waals surface area contributed by atoms with E-state index in [0.717, 1.165) is 25.5 Å². The zero-order valence-corrected chi connectivity index (χ0v) is 13.8. The van der Waals surface area contributed by atoms with Crippen molar-refractivity contribution < 1.29 is 22.2 Å². The van der Waals surface area contributed by atoms with Crippen LogP contribution in [0.2, 0.25) is 0 Å². The van der Waals surface area contributed by atoms with Crippen molar-refractivity contribution in [2.45, 2.75) is 25.1 Å². The highest BCUT2D eigenvalue weighted by molar-refractivity contribution is 6.11. The van der Waals surface area contributed by atoms with Crippen LogP contribution in [-0.2, 0) is 6.18 Å². The maximum absolute atomic E-state index is 13.3. The number of nitrogen functional groups attached to an aromatic ring is 1. The van der Waals surface area contributed by atoms with E-state index in [9.17, 15) is 18.0 Å². The van der Waals surface area contributed by atoms with E-state index in [-0.39, 0.29) is 27.5 Å². The van der Waals surface area contributed by atoms with Gasteiger partial charge in [0.2, 0.25) is 5.78 Å². The predicted octanol–water partition coefficient (Wildman–Crippen LogP) is 3.21. The van der Waals surface area contributed by atoms with Crippen molar-refractivity contribution in [3.05, 3.63) is 47.3 Å². The SMILES string of the molecule is Nc1ncccc1C(=O)c1nc(NC2CCCNC2)ccc1C(F)(F)F.[HH].[HH].[HH]. The van der Waals surface area contributed by atoms with Crippen LogP contribution in [0.25, 0.3) is 0 Å². The molecule has 0 radical (unpaired) electrons. The molecule has 1 aliphatic rings. The van der Waals surface area contributed by atoms with E-state index in [1.165, 1.54) is 24.4 Å². The molecule has 1 atom stereocenters. The Bertz CT molecular complexity index is 817. The second-order valence-corrected chi connectivity index (χ2v) is 6.04. The van der Waals surface area contributed by atoms with Crippen LogP contribution in [0, 0.1) is 0 Å². The summed E-state index contributed by atoms with van der Waals surface area (Å²) in [7, 11) is 0. The van der Waals surface area contributed by atoms with Gasteiger partial charge in [-0.2, -0.15) is 13.2 Å². The number of hydrogen-bond acceptors (Lipinski definition) is 6. The molecule has 0 saturated carbocycles. The second-order valence-electron chi connectivity index (χ2n) is 6.04. The molecule has 0 bridgehead atoms. The van der Waals surface area contributed by atoms with E-state index >= 15 is 0 Å². The fourth-order valence-corrected chi connectivity index (χ4v) is 2.86. The number of halogens is 3. The quantitative estimate of drug-likeness (QED) is 0.715. The summed E-state index contributed by atoms with van der Waals surface area (Å²) in [5.41, 5.74) is 3.74. The molecule has 9 heteroatoms. The molecule has 1 saturated heterocycles. The Labute approximate surface area is 152 Å². The number of ketones is 1. The smallest absolute Gasteiger partial charge is 0.383 e. The summed E-state index contributed by atoms with van der Waals surface area (Å²) >= 11 is 0. The van der Waals surface area contributed by atoms with Crippen LogP contribution >= 0.6 is 0 Å². The van der Waals surface area contributed by atoms with Gasteiger partial charge in [0.25, 0.3) is 0 Å². The third-order valence-electron chi connectivity index (χ3n) is 4.15. The lowest BCUT2D eigenvalue weighted by Gasteiger charge is -2.24. The van der Waals surface area contributed by atoms with E-state index in [1.807, 2.05) is 0 Å². The minimum Gasteiger partial charge on any atom is -0.383 e. The molecule has 3 heterocycles. The van der Waals surface area contributed by atoms with Crippen LogP contribution in [0.4, 0.5) is 24.8 Å². The van der Waals surface area contributed by atoms with Crippen LogP contribution < -0.4 is 16.4 Å². The Morgan fingerprint density at radius 2 is 2.15 bits per heavy atom. The highest BCUT2D eigenvalue weighted by atomic mass is 19.4. The molecule has 6 nitrogen and oxygen atoms in total. The zero-order chi connectivity index (χ0) is 18.7. The molecule has 1 fully saturated rings. The maximum Gasteiger partial charge on any atom is 0.418 e. The molecule has 0 spiro atoms. The molecule has 144 valence electrons. The third-order valence-corrected chi connectivity index (χ3v) is 4.15. The van der Waals surface area contributed by atoms with Crippen LogP contribution in [-0.4, -0.2) is 34.9 Å². The number of nitrogens with zero attached hydrogens (tertiary/aromatic N) is 2. The lowest BCUT2D eigenvalue weighted by Crippen LogP contribution is -2.38. The molecule has 3 rings (SSSR count). The first kappa shape index (κ1) is 18.1. The van der Waals surface area contributed by atoms with Crippen LogP contribution in [0.15, 0.2) is 30.5 Å². The highest BCUT2D eigenvalue weighted by Gasteiger charge is 2.37. The number of aromatic nitrogens is 2. The van der Waals surface area contributed by atoms with E-state index in [4.69, 9.17) is 5.73 Å². The topological polar surface area (TPSA) is 92.9 Å². The number of carbonyl (C=O) groups is 1. The summed E-state index contributed by atoms with van der Waals surface area (Å²) in [5.74, 6) is -0.826. The molecular formula is C17H24F3N5O. The van der Waals surface area contributed by atoms with Crippen molar-refractivity contribution in [2.24, 2.45) is 0 Å². The highest BCUT2D eigenvalue weighted by Crippen LogP contribution is 2.33. The Kier molecular flexibility index (Phi) is 5.08. The maximum atomic E-state index is 13.3. The zero-order valence-electron chi connectivity index (χ0n) is 13.8. The van der Waals surface area contributed by atoms with Crippen molar-refractivity contribution in [3.8, 4) is 0 Å². The van der Waals surface area contributed by atoms with E-state index in [1.54, 1.807) is 0 Å². The lowest BCUT2D eigenvalue weighted by atomic mass is 10.0. The lowest BCUT2D eigenvalue weighted by molar-refractivity contribution is -0.138. The Morgan fingerprint density at radius 3 is 2.81 bits per heavy atom. The van der Waals surface area contributed by atoms with E-state index in [2.05, 4.69) is 20.6 Å². The van der Waals surface area contributed by atoms with Crippen LogP contribution in [0.3, 0.4) is 0 Å². The normalized spacial score (nSPS) is 17.7. The van der Waals surface area contributed by atoms with Gasteiger partial charge in [0.15, 0.2) is 0 Å². The second kappa shape index (κ2) is 7.28. The summed E-state index contributed by atoms with van der Waals surface area (Å²) in [5, 5.41) is 6.28. The molecule has 1 unspecified atom stereocenters. The van der Waals surface area contributed by atoms with Crippen molar-refractivity contribution in [1.82, 2.24) is 15.3 Å². The standard InChI is InChI=1S/C17H18F3N5O.3H2/c18-17(19,20)12-5-6-13(24-10-3-1-7-22-9-10)25-14(12)15(26)11-4-2-8-23-16(11)21;;;/h2,4-6,8,10,22H,1,3,7,9H2,(H2,21,23)(H,24,25);3*1H. The van der Waals surface area contributed by atoms with Crippen LogP contribution in [0.5, 0.6) is 0 Å². The average Bonchev–Trinajstić information content (AvgIpc) is 2.61. The van der Waals surface area contributed by atoms with Crippen molar-refractivity contribution >= 4 is 17.4 Å². The van der Waals surface area contributed by atoms with Gasteiger partial charge < -0.3 is 16.4 Å². The average molecular weight is 371 g/mol. The summed E-state index contributed by atoms with van der Waals surface area (Å²) in [6.45, 7) is 1.59. The number of nitrogens with two attached hydrogens (primary N) is 1. The van der Waals surface area contributed by atoms with Gasteiger partial charge in [-0.15, -0.1) is 0 Å². The molecule has 2 aromatic heterocycles. The fraction of sp³-hybridized carbons (Fsp3) is 0.353. The number of rotatable bonds is 4. The van der Waals surface area contributed by atoms with Crippen LogP contribution in [0.1, 0.15) is 38.7 Å². The number of alkyl halides is 3. The Balaban J connectivity index is 0.00000261. The summed E-state index contributed by atoms with van der Waals surface area (Å²) in [6, 6.07) is 4.91. The Morgan fingerprint density at radius 1 is 1.35 bits per heavy atom. The first-order valence-corrected chi connectivity index (χ1v) is 8.17. The fourth-order valence-electron chi connectivity index (χ4n) is 2.86. The monoisotopic (exact) mass is 371 g/mol. The molecule has 26 heavy (non-hydrogen) atoms. The van der Waals surface area contributed by atoms with E-state index < -0.39 is 23.2 Å². The van der Waals surface area contributed by atoms with Crippen molar-refractivity contribution in [1.29, 1.82) is 0 Å². The summed E-state index contributed by atoms with van der Waals surface area (Å²) in [6.07, 6.45) is -1.52. The van der Waals surface area contributed by atoms with Gasteiger partial charge >= 0.3 is 6.18 Å². The Hall–Kier alpha value is -2.68. The predicted molar refractivity (Wildman–Crippen MR) is 97.2 cm³/mol. The molecule has 2 aromatic rings. The van der Waals surface area contributed by atoms with Gasteiger partial charge in [0.1, 0.15) is 17.3 Å². The number of piperidine rings is 1. The molecular weight excluding hydrogens is 347 g/mol. The largest absolute Gasteiger partial charge is 0.418 e. The molecule has 0 amide bonds. The summed E-state index contributed by atoms with van der Waals surface area (Å²) in [4.78, 5) is 20.4. The minimum atomic E-state index is -4.71. The van der Waals surface area contributed by atoms with E-state index in [0.29, 0.717) is 6.54 Å². The molecule has 1 aliphatic heterocycles. The number of carbonyl (C=O) groups excluding carboxylic acids is 1. The summed E-state index contributed by atoms with van der Waals surface area (Å²) < 4.78 is 40.0. The molecule has 4 N–H and O–H groups in total. The molecule has 0 aromatic carbocycles. The first-order valence-electron chi connectivity index (χ1n) is 8.17. The van der Waals surface area contributed by atoms with Gasteiger partial charge in [0, 0.05) is 23.1 Å². The van der Waals surface area contributed by atoms with Crippen molar-refractivity contribution in [2.75, 3.05) is 24.1 Å². The van der Waals surface area contributed by atoms with Gasteiger partial charge in [0.05, 0.1) is 11.1 Å². The number of pyridine rings is 2. The third kappa shape index (κ3) is 3.93. The van der Waals surface area contributed by atoms with Crippen molar-refractivity contribution in [3.63, 3.8) is 0 Å². The van der Waals surface area contributed by atoms with Gasteiger partial charge in [-0.3, -0.25) is 4.79 Å². The van der Waals surface area contributed by atoms with Gasteiger partial charge in [-0.05, 0) is 43.7 Å².